The molecule has 1 atom stereocenters. The Labute approximate surface area is 174 Å². The van der Waals surface area contributed by atoms with Crippen LogP contribution in [0.4, 0.5) is 5.69 Å². The van der Waals surface area contributed by atoms with Crippen LogP contribution >= 0.6 is 6.42 Å². The summed E-state index contributed by atoms with van der Waals surface area (Å²) in [6, 6.07) is 4.74. The van der Waals surface area contributed by atoms with Crippen LogP contribution in [0.15, 0.2) is 12.1 Å². The lowest BCUT2D eigenvalue weighted by molar-refractivity contribution is 0.442. The molecule has 0 amide bonds. The highest BCUT2D eigenvalue weighted by Crippen LogP contribution is 2.59. The number of rotatable bonds is 3. The van der Waals surface area contributed by atoms with Crippen LogP contribution < -0.4 is 5.09 Å². The van der Waals surface area contributed by atoms with E-state index in [1.54, 1.807) is 7.11 Å². The molecule has 0 saturated heterocycles. The molecule has 0 saturated carbocycles. The number of benzene rings is 1. The zero-order chi connectivity index (χ0) is 21.6. The third-order valence-corrected chi connectivity index (χ3v) is 10.2. The highest BCUT2D eigenvalue weighted by atomic mass is 32.4. The molecule has 1 rings (SSSR count). The number of anilines is 1. The fraction of sp³-hybridized carbons (Fsp3) is 0.739. The first-order valence-corrected chi connectivity index (χ1v) is 12.6. The standard InChI is InChI=1S/C23H42NOPS/c1-20(2,3)16-14-17(21(4,5)6)19(18(15-16)22(7,8)9)24-26(27,25-13)23(10,11)12/h14-15H,1-13H3,(H,24,27)/t26-/m1/s1. The Hall–Kier alpha value is -0.370. The van der Waals surface area contributed by atoms with Gasteiger partial charge >= 0.3 is 0 Å². The van der Waals surface area contributed by atoms with Crippen molar-refractivity contribution in [3.05, 3.63) is 28.8 Å². The van der Waals surface area contributed by atoms with E-state index in [-0.39, 0.29) is 21.4 Å². The molecule has 0 bridgehead atoms. The highest BCUT2D eigenvalue weighted by molar-refractivity contribution is 8.13. The normalized spacial score (nSPS) is 16.2. The minimum Gasteiger partial charge on any atom is -0.337 e. The predicted octanol–water partition coefficient (Wildman–Crippen LogP) is 7.75. The number of nitrogens with one attached hydrogen (secondary N) is 1. The van der Waals surface area contributed by atoms with Gasteiger partial charge in [-0.25, -0.2) is 0 Å². The maximum atomic E-state index is 6.07. The summed E-state index contributed by atoms with van der Waals surface area (Å²) in [5.41, 5.74) is 5.24. The average molecular weight is 412 g/mol. The smallest absolute Gasteiger partial charge is 0.158 e. The monoisotopic (exact) mass is 411 g/mol. The Morgan fingerprint density at radius 1 is 0.741 bits per heavy atom. The van der Waals surface area contributed by atoms with Crippen molar-refractivity contribution < 1.29 is 4.52 Å². The topological polar surface area (TPSA) is 21.3 Å². The van der Waals surface area contributed by atoms with Crippen molar-refractivity contribution in [1.29, 1.82) is 0 Å². The van der Waals surface area contributed by atoms with Crippen LogP contribution in [0.5, 0.6) is 0 Å². The molecule has 27 heavy (non-hydrogen) atoms. The van der Waals surface area contributed by atoms with Gasteiger partial charge in [-0.05, 0) is 44.7 Å². The van der Waals surface area contributed by atoms with Crippen LogP contribution in [0, 0.1) is 0 Å². The lowest BCUT2D eigenvalue weighted by Gasteiger charge is -2.39. The van der Waals surface area contributed by atoms with Crippen LogP contribution in [0.25, 0.3) is 0 Å². The van der Waals surface area contributed by atoms with E-state index in [9.17, 15) is 0 Å². The van der Waals surface area contributed by atoms with Crippen molar-refractivity contribution in [3.63, 3.8) is 0 Å². The Balaban J connectivity index is 3.93. The summed E-state index contributed by atoms with van der Waals surface area (Å²) in [6.07, 6.45) is -2.27. The first kappa shape index (κ1) is 24.7. The molecular weight excluding hydrogens is 369 g/mol. The van der Waals surface area contributed by atoms with E-state index in [0.717, 1.165) is 0 Å². The molecule has 1 N–H and O–H groups in total. The van der Waals surface area contributed by atoms with E-state index in [4.69, 9.17) is 16.3 Å². The molecule has 0 fully saturated rings. The lowest BCUT2D eigenvalue weighted by atomic mass is 9.74. The van der Waals surface area contributed by atoms with Crippen LogP contribution in [-0.2, 0) is 32.6 Å². The maximum Gasteiger partial charge on any atom is 0.158 e. The molecular formula is C23H42NOPS. The first-order valence-electron chi connectivity index (χ1n) is 9.88. The highest BCUT2D eigenvalue weighted by Gasteiger charge is 2.36. The molecule has 1 aromatic rings. The predicted molar refractivity (Wildman–Crippen MR) is 127 cm³/mol. The van der Waals surface area contributed by atoms with Crippen molar-refractivity contribution in [2.75, 3.05) is 12.2 Å². The Morgan fingerprint density at radius 2 is 1.11 bits per heavy atom. The Bertz CT molecular complexity index is 690. The van der Waals surface area contributed by atoms with Gasteiger partial charge in [0.2, 0.25) is 0 Å². The minimum absolute atomic E-state index is 0.00458. The van der Waals surface area contributed by atoms with Gasteiger partial charge in [-0.2, -0.15) is 0 Å². The van der Waals surface area contributed by atoms with Crippen LogP contribution in [0.3, 0.4) is 0 Å². The zero-order valence-electron chi connectivity index (χ0n) is 19.9. The van der Waals surface area contributed by atoms with Crippen LogP contribution in [0.2, 0.25) is 0 Å². The molecule has 0 aliphatic heterocycles. The van der Waals surface area contributed by atoms with Gasteiger partial charge in [0, 0.05) is 18.0 Å². The molecule has 2 nitrogen and oxygen atoms in total. The molecule has 0 aliphatic carbocycles. The van der Waals surface area contributed by atoms with Crippen molar-refractivity contribution in [2.24, 2.45) is 0 Å². The fourth-order valence-electron chi connectivity index (χ4n) is 3.01. The van der Waals surface area contributed by atoms with Gasteiger partial charge in [0.1, 0.15) is 0 Å². The van der Waals surface area contributed by atoms with Gasteiger partial charge in [0.05, 0.1) is 0 Å². The molecule has 0 aliphatic rings. The van der Waals surface area contributed by atoms with Gasteiger partial charge in [0.25, 0.3) is 0 Å². The van der Waals surface area contributed by atoms with Gasteiger partial charge in [-0.3, -0.25) is 0 Å². The summed E-state index contributed by atoms with van der Waals surface area (Å²) in [6.45, 7) is 27.0. The summed E-state index contributed by atoms with van der Waals surface area (Å²) in [5.74, 6) is 0. The van der Waals surface area contributed by atoms with Crippen molar-refractivity contribution in [3.8, 4) is 0 Å². The Morgan fingerprint density at radius 3 is 1.33 bits per heavy atom. The molecule has 156 valence electrons. The number of hydrogen-bond acceptors (Lipinski definition) is 2. The summed E-state index contributed by atoms with van der Waals surface area (Å²) in [7, 11) is 1.75. The van der Waals surface area contributed by atoms with Gasteiger partial charge in [-0.1, -0.05) is 95.2 Å². The third kappa shape index (κ3) is 5.58. The van der Waals surface area contributed by atoms with Gasteiger partial charge in [0.15, 0.2) is 6.42 Å². The summed E-state index contributed by atoms with van der Waals surface area (Å²) in [5, 5.41) is 3.64. The van der Waals surface area contributed by atoms with E-state index in [1.165, 1.54) is 22.4 Å². The average Bonchev–Trinajstić information content (AvgIpc) is 2.42. The van der Waals surface area contributed by atoms with Crippen molar-refractivity contribution in [2.45, 2.75) is 104 Å². The molecule has 0 heterocycles. The van der Waals surface area contributed by atoms with Crippen LogP contribution in [-0.4, -0.2) is 12.3 Å². The Kier molecular flexibility index (Phi) is 6.82. The van der Waals surface area contributed by atoms with E-state index < -0.39 is 6.42 Å². The molecule has 0 unspecified atom stereocenters. The van der Waals surface area contributed by atoms with Crippen molar-refractivity contribution in [1.82, 2.24) is 0 Å². The van der Waals surface area contributed by atoms with E-state index in [2.05, 4.69) is 100 Å². The SMILES string of the molecule is CO[P@](=S)(Nc1c(C(C)(C)C)cc(C(C)(C)C)cc1C(C)(C)C)C(C)(C)C. The molecule has 1 aromatic carbocycles. The van der Waals surface area contributed by atoms with Gasteiger partial charge < -0.3 is 9.61 Å². The number of hydrogen-bond donors (Lipinski definition) is 1. The van der Waals surface area contributed by atoms with Crippen LogP contribution in [0.1, 0.15) is 99.8 Å². The van der Waals surface area contributed by atoms with Gasteiger partial charge in [-0.15, -0.1) is 0 Å². The molecule has 0 radical (unpaired) electrons. The fourth-order valence-corrected chi connectivity index (χ4v) is 4.80. The molecule has 0 spiro atoms. The lowest BCUT2D eigenvalue weighted by Crippen LogP contribution is -2.27. The molecule has 0 aromatic heterocycles. The second-order valence-electron chi connectivity index (χ2n) is 11.7. The summed E-state index contributed by atoms with van der Waals surface area (Å²) >= 11 is 6.07. The quantitative estimate of drug-likeness (QED) is 0.514. The van der Waals surface area contributed by atoms with E-state index >= 15 is 0 Å². The summed E-state index contributed by atoms with van der Waals surface area (Å²) < 4.78 is 5.95. The van der Waals surface area contributed by atoms with E-state index in [0.29, 0.717) is 0 Å². The maximum absolute atomic E-state index is 6.07. The van der Waals surface area contributed by atoms with E-state index in [1.807, 2.05) is 0 Å². The van der Waals surface area contributed by atoms with Crippen molar-refractivity contribution >= 4 is 23.9 Å². The third-order valence-electron chi connectivity index (χ3n) is 5.02. The molecule has 4 heteroatoms. The summed E-state index contributed by atoms with van der Waals surface area (Å²) in [4.78, 5) is 0. The second-order valence-corrected chi connectivity index (χ2v) is 16.3. The first-order chi connectivity index (χ1) is 11.7. The zero-order valence-corrected chi connectivity index (χ0v) is 21.6. The largest absolute Gasteiger partial charge is 0.337 e. The second kappa shape index (κ2) is 7.47. The minimum atomic E-state index is -2.27.